The standard InChI is InChI=1S/C14H9Cl2N3O4/c15-10-5-2-6-11(16)12(10)14(21)18-17-13(20)8-3-1-4-9(7-8)19(22)23/h1-7H,(H,17,20)(H,18,21). The van der Waals surface area contributed by atoms with Gasteiger partial charge in [-0.1, -0.05) is 35.3 Å². The maximum absolute atomic E-state index is 12.0. The zero-order valence-electron chi connectivity index (χ0n) is 11.4. The first-order chi connectivity index (χ1) is 10.9. The van der Waals surface area contributed by atoms with Gasteiger partial charge < -0.3 is 0 Å². The second kappa shape index (κ2) is 7.08. The number of nitrogens with one attached hydrogen (secondary N) is 2. The molecule has 7 nitrogen and oxygen atoms in total. The summed E-state index contributed by atoms with van der Waals surface area (Å²) in [5.74, 6) is -1.43. The summed E-state index contributed by atoms with van der Waals surface area (Å²) in [5.41, 5.74) is 4.08. The molecule has 2 amide bonds. The Hall–Kier alpha value is -2.64. The highest BCUT2D eigenvalue weighted by Crippen LogP contribution is 2.23. The lowest BCUT2D eigenvalue weighted by atomic mass is 10.2. The number of rotatable bonds is 3. The minimum absolute atomic E-state index is 0.00942. The van der Waals surface area contributed by atoms with Crippen LogP contribution in [0, 0.1) is 10.1 Å². The molecule has 0 aliphatic heterocycles. The third-order valence-corrected chi connectivity index (χ3v) is 3.43. The van der Waals surface area contributed by atoms with E-state index in [0.717, 1.165) is 6.07 Å². The van der Waals surface area contributed by atoms with Gasteiger partial charge in [-0.15, -0.1) is 0 Å². The van der Waals surface area contributed by atoms with Gasteiger partial charge in [0, 0.05) is 17.7 Å². The van der Waals surface area contributed by atoms with Crippen molar-refractivity contribution < 1.29 is 14.5 Å². The maximum Gasteiger partial charge on any atom is 0.272 e. The maximum atomic E-state index is 12.0. The van der Waals surface area contributed by atoms with Gasteiger partial charge in [-0.2, -0.15) is 0 Å². The Balaban J connectivity index is 2.09. The van der Waals surface area contributed by atoms with E-state index in [1.54, 1.807) is 6.07 Å². The Morgan fingerprint density at radius 3 is 2.13 bits per heavy atom. The van der Waals surface area contributed by atoms with E-state index in [9.17, 15) is 19.7 Å². The van der Waals surface area contributed by atoms with Crippen LogP contribution in [0.5, 0.6) is 0 Å². The normalized spacial score (nSPS) is 10.0. The van der Waals surface area contributed by atoms with Crippen molar-refractivity contribution in [2.75, 3.05) is 0 Å². The zero-order chi connectivity index (χ0) is 17.0. The quantitative estimate of drug-likeness (QED) is 0.654. The van der Waals surface area contributed by atoms with Crippen molar-refractivity contribution in [2.45, 2.75) is 0 Å². The molecule has 0 saturated heterocycles. The highest BCUT2D eigenvalue weighted by Gasteiger charge is 2.16. The largest absolute Gasteiger partial charge is 0.272 e. The first-order valence-electron chi connectivity index (χ1n) is 6.19. The smallest absolute Gasteiger partial charge is 0.267 e. The van der Waals surface area contributed by atoms with Gasteiger partial charge in [-0.3, -0.25) is 30.6 Å². The second-order valence-electron chi connectivity index (χ2n) is 4.31. The van der Waals surface area contributed by atoms with E-state index in [4.69, 9.17) is 23.2 Å². The molecule has 0 aromatic heterocycles. The summed E-state index contributed by atoms with van der Waals surface area (Å²) >= 11 is 11.8. The van der Waals surface area contributed by atoms with E-state index < -0.39 is 16.7 Å². The molecule has 0 aliphatic carbocycles. The number of carbonyl (C=O) groups excluding carboxylic acids is 2. The van der Waals surface area contributed by atoms with Crippen LogP contribution in [0.3, 0.4) is 0 Å². The van der Waals surface area contributed by atoms with Gasteiger partial charge >= 0.3 is 0 Å². The van der Waals surface area contributed by atoms with Crippen molar-refractivity contribution in [2.24, 2.45) is 0 Å². The summed E-state index contributed by atoms with van der Waals surface area (Å²) in [7, 11) is 0. The Kier molecular flexibility index (Phi) is 5.15. The molecule has 23 heavy (non-hydrogen) atoms. The summed E-state index contributed by atoms with van der Waals surface area (Å²) < 4.78 is 0. The molecule has 0 spiro atoms. The highest BCUT2D eigenvalue weighted by atomic mass is 35.5. The lowest BCUT2D eigenvalue weighted by Gasteiger charge is -2.09. The van der Waals surface area contributed by atoms with Crippen LogP contribution >= 0.6 is 23.2 Å². The fraction of sp³-hybridized carbons (Fsp3) is 0. The topological polar surface area (TPSA) is 101 Å². The Bertz CT molecular complexity index is 775. The molecule has 0 aliphatic rings. The third kappa shape index (κ3) is 3.97. The van der Waals surface area contributed by atoms with Crippen LogP contribution in [0.15, 0.2) is 42.5 Å². The fourth-order valence-electron chi connectivity index (χ4n) is 1.72. The number of nitro groups is 1. The number of amides is 2. The molecule has 0 unspecified atom stereocenters. The number of hydrogen-bond donors (Lipinski definition) is 2. The number of nitrogens with zero attached hydrogens (tertiary/aromatic N) is 1. The number of halogens is 2. The minimum Gasteiger partial charge on any atom is -0.267 e. The van der Waals surface area contributed by atoms with Crippen molar-refractivity contribution in [1.29, 1.82) is 0 Å². The first-order valence-corrected chi connectivity index (χ1v) is 6.95. The van der Waals surface area contributed by atoms with Crippen LogP contribution in [0.4, 0.5) is 5.69 Å². The lowest BCUT2D eigenvalue weighted by molar-refractivity contribution is -0.384. The second-order valence-corrected chi connectivity index (χ2v) is 5.13. The van der Waals surface area contributed by atoms with E-state index >= 15 is 0 Å². The molecule has 2 aromatic carbocycles. The van der Waals surface area contributed by atoms with Gasteiger partial charge in [0.05, 0.1) is 20.5 Å². The van der Waals surface area contributed by atoms with Gasteiger partial charge in [-0.05, 0) is 18.2 Å². The van der Waals surface area contributed by atoms with E-state index in [1.165, 1.54) is 30.3 Å². The summed E-state index contributed by atoms with van der Waals surface area (Å²) in [6, 6.07) is 9.60. The number of hydrogen-bond acceptors (Lipinski definition) is 4. The molecular formula is C14H9Cl2N3O4. The molecule has 9 heteroatoms. The van der Waals surface area contributed by atoms with Crippen molar-refractivity contribution in [3.8, 4) is 0 Å². The molecule has 2 N–H and O–H groups in total. The minimum atomic E-state index is -0.717. The van der Waals surface area contributed by atoms with Gasteiger partial charge in [0.1, 0.15) is 0 Å². The van der Waals surface area contributed by atoms with Crippen molar-refractivity contribution >= 4 is 40.7 Å². The number of benzene rings is 2. The predicted molar refractivity (Wildman–Crippen MR) is 84.5 cm³/mol. The molecule has 2 aromatic rings. The number of nitro benzene ring substituents is 1. The number of hydrazine groups is 1. The van der Waals surface area contributed by atoms with Crippen LogP contribution in [0.1, 0.15) is 20.7 Å². The molecule has 0 saturated carbocycles. The average molecular weight is 354 g/mol. The lowest BCUT2D eigenvalue weighted by Crippen LogP contribution is -2.41. The molecule has 0 fully saturated rings. The van der Waals surface area contributed by atoms with Crippen LogP contribution in [0.2, 0.25) is 10.0 Å². The van der Waals surface area contributed by atoms with Crippen LogP contribution in [0.25, 0.3) is 0 Å². The van der Waals surface area contributed by atoms with E-state index in [-0.39, 0.29) is 26.9 Å². The molecule has 0 radical (unpaired) electrons. The van der Waals surface area contributed by atoms with Crippen molar-refractivity contribution in [3.63, 3.8) is 0 Å². The monoisotopic (exact) mass is 353 g/mol. The molecule has 0 bridgehead atoms. The summed E-state index contributed by atoms with van der Waals surface area (Å²) in [4.78, 5) is 34.0. The molecule has 118 valence electrons. The van der Waals surface area contributed by atoms with Gasteiger partial charge in [0.15, 0.2) is 0 Å². The van der Waals surface area contributed by atoms with Crippen LogP contribution in [-0.4, -0.2) is 16.7 Å². The SMILES string of the molecule is O=C(NNC(=O)c1c(Cl)cccc1Cl)c1cccc([N+](=O)[O-])c1. The average Bonchev–Trinajstić information content (AvgIpc) is 2.52. The molecule has 0 heterocycles. The van der Waals surface area contributed by atoms with Gasteiger partial charge in [0.2, 0.25) is 0 Å². The van der Waals surface area contributed by atoms with Gasteiger partial charge in [-0.25, -0.2) is 0 Å². The van der Waals surface area contributed by atoms with E-state index in [1.807, 2.05) is 0 Å². The summed E-state index contributed by atoms with van der Waals surface area (Å²) in [6.45, 7) is 0. The fourth-order valence-corrected chi connectivity index (χ4v) is 2.29. The molecular weight excluding hydrogens is 345 g/mol. The Morgan fingerprint density at radius 2 is 1.52 bits per heavy atom. The van der Waals surface area contributed by atoms with Gasteiger partial charge in [0.25, 0.3) is 17.5 Å². The molecule has 2 rings (SSSR count). The first kappa shape index (κ1) is 16.7. The zero-order valence-corrected chi connectivity index (χ0v) is 12.9. The number of non-ortho nitro benzene ring substituents is 1. The van der Waals surface area contributed by atoms with E-state index in [2.05, 4.69) is 10.9 Å². The van der Waals surface area contributed by atoms with Crippen LogP contribution < -0.4 is 10.9 Å². The highest BCUT2D eigenvalue weighted by molar-refractivity contribution is 6.39. The molecule has 0 atom stereocenters. The van der Waals surface area contributed by atoms with Crippen molar-refractivity contribution in [1.82, 2.24) is 10.9 Å². The Morgan fingerprint density at radius 1 is 0.957 bits per heavy atom. The summed E-state index contributed by atoms with van der Waals surface area (Å²) in [6.07, 6.45) is 0. The van der Waals surface area contributed by atoms with Crippen LogP contribution in [-0.2, 0) is 0 Å². The third-order valence-electron chi connectivity index (χ3n) is 2.80. The number of carbonyl (C=O) groups is 2. The van der Waals surface area contributed by atoms with Crippen molar-refractivity contribution in [3.05, 3.63) is 73.8 Å². The predicted octanol–water partition coefficient (Wildman–Crippen LogP) is 2.98. The summed E-state index contributed by atoms with van der Waals surface area (Å²) in [5, 5.41) is 10.9. The van der Waals surface area contributed by atoms with E-state index in [0.29, 0.717) is 0 Å². The Labute approximate surface area is 140 Å².